The number of hydrogen-bond acceptors (Lipinski definition) is 5. The molecule has 2 fully saturated rings. The minimum atomic E-state index is 0.129. The summed E-state index contributed by atoms with van der Waals surface area (Å²) >= 11 is 0. The lowest BCUT2D eigenvalue weighted by atomic mass is 9.70. The molecule has 1 saturated carbocycles. The molecular formula is C24H41N5O. The van der Waals surface area contributed by atoms with Gasteiger partial charge >= 0.3 is 0 Å². The molecule has 0 spiro atoms. The fourth-order valence-electron chi connectivity index (χ4n) is 5.17. The van der Waals surface area contributed by atoms with E-state index >= 15 is 0 Å². The Labute approximate surface area is 181 Å². The molecule has 0 aromatic carbocycles. The van der Waals surface area contributed by atoms with Gasteiger partial charge in [-0.1, -0.05) is 20.3 Å². The maximum atomic E-state index is 12.3. The Morgan fingerprint density at radius 2 is 1.93 bits per heavy atom. The van der Waals surface area contributed by atoms with E-state index < -0.39 is 0 Å². The summed E-state index contributed by atoms with van der Waals surface area (Å²) in [6.07, 6.45) is 10.1. The molecule has 1 aliphatic carbocycles. The molecule has 0 bridgehead atoms. The first-order chi connectivity index (χ1) is 14.2. The summed E-state index contributed by atoms with van der Waals surface area (Å²) in [5, 5.41) is 0. The lowest BCUT2D eigenvalue weighted by molar-refractivity contribution is 0.0386. The molecule has 30 heavy (non-hydrogen) atoms. The summed E-state index contributed by atoms with van der Waals surface area (Å²) in [5.41, 5.74) is 15.7. The Morgan fingerprint density at radius 1 is 1.23 bits per heavy atom. The molecule has 1 aliphatic heterocycles. The lowest BCUT2D eigenvalue weighted by Crippen LogP contribution is -2.52. The molecular weight excluding hydrogens is 374 g/mol. The number of rotatable bonds is 6. The molecule has 2 aliphatic rings. The minimum absolute atomic E-state index is 0.129. The highest BCUT2D eigenvalue weighted by Crippen LogP contribution is 2.41. The van der Waals surface area contributed by atoms with Crippen molar-refractivity contribution in [2.45, 2.75) is 71.8 Å². The van der Waals surface area contributed by atoms with Crippen LogP contribution in [0, 0.1) is 12.3 Å². The van der Waals surface area contributed by atoms with E-state index in [1.807, 2.05) is 20.2 Å². The van der Waals surface area contributed by atoms with E-state index in [0.29, 0.717) is 11.9 Å². The maximum Gasteiger partial charge on any atom is 0.253 e. The lowest BCUT2D eigenvalue weighted by Gasteiger charge is -2.46. The Balaban J connectivity index is 1.64. The van der Waals surface area contributed by atoms with Gasteiger partial charge in [0.15, 0.2) is 0 Å². The molecule has 6 heteroatoms. The van der Waals surface area contributed by atoms with Gasteiger partial charge in [-0.15, -0.1) is 0 Å². The average Bonchev–Trinajstić information content (AvgIpc) is 2.73. The van der Waals surface area contributed by atoms with Crippen LogP contribution in [-0.2, 0) is 13.5 Å². The molecule has 4 N–H and O–H groups in total. The summed E-state index contributed by atoms with van der Waals surface area (Å²) in [4.78, 5) is 17.4. The molecule has 1 saturated heterocycles. The van der Waals surface area contributed by atoms with Crippen LogP contribution in [0.5, 0.6) is 0 Å². The fraction of sp³-hybridized carbons (Fsp3) is 0.708. The van der Waals surface area contributed by atoms with E-state index in [9.17, 15) is 4.79 Å². The van der Waals surface area contributed by atoms with Crippen molar-refractivity contribution in [2.75, 3.05) is 26.3 Å². The van der Waals surface area contributed by atoms with Gasteiger partial charge in [-0.05, 0) is 74.6 Å². The van der Waals surface area contributed by atoms with E-state index in [0.717, 1.165) is 38.3 Å². The second kappa shape index (κ2) is 9.56. The summed E-state index contributed by atoms with van der Waals surface area (Å²) in [6, 6.07) is 2.72. The van der Waals surface area contributed by atoms with Gasteiger partial charge in [0.1, 0.15) is 0 Å². The Kier molecular flexibility index (Phi) is 7.30. The molecule has 0 radical (unpaired) electrons. The van der Waals surface area contributed by atoms with Crippen molar-refractivity contribution in [1.82, 2.24) is 14.4 Å². The first-order valence-corrected chi connectivity index (χ1v) is 11.6. The average molecular weight is 416 g/mol. The zero-order valence-electron chi connectivity index (χ0n) is 19.4. The SMILES string of the molecule is CCCCN1CC(=C(N)N)CN(C2CCC(C)(Cc3ccn(C)c(=O)c3C)CC2)C1. The number of hydrogen-bond donors (Lipinski definition) is 2. The molecule has 168 valence electrons. The van der Waals surface area contributed by atoms with Gasteiger partial charge in [-0.2, -0.15) is 0 Å². The summed E-state index contributed by atoms with van der Waals surface area (Å²) in [5.74, 6) is 0.503. The van der Waals surface area contributed by atoms with Crippen LogP contribution in [0.15, 0.2) is 28.5 Å². The second-order valence-electron chi connectivity index (χ2n) is 9.95. The Hall–Kier alpha value is -1.79. The van der Waals surface area contributed by atoms with Gasteiger partial charge in [0.05, 0.1) is 12.5 Å². The minimum Gasteiger partial charge on any atom is -0.386 e. The quantitative estimate of drug-likeness (QED) is 0.747. The van der Waals surface area contributed by atoms with Crippen LogP contribution in [0.4, 0.5) is 0 Å². The van der Waals surface area contributed by atoms with Crippen LogP contribution < -0.4 is 17.0 Å². The Morgan fingerprint density at radius 3 is 2.57 bits per heavy atom. The zero-order valence-corrected chi connectivity index (χ0v) is 19.4. The number of aryl methyl sites for hydroxylation is 1. The van der Waals surface area contributed by atoms with E-state index in [1.54, 1.807) is 4.57 Å². The van der Waals surface area contributed by atoms with Crippen molar-refractivity contribution in [2.24, 2.45) is 23.9 Å². The smallest absolute Gasteiger partial charge is 0.253 e. The normalized spacial score (nSPS) is 26.1. The van der Waals surface area contributed by atoms with Gasteiger partial charge < -0.3 is 16.0 Å². The van der Waals surface area contributed by atoms with Crippen molar-refractivity contribution >= 4 is 0 Å². The molecule has 1 aromatic heterocycles. The highest BCUT2D eigenvalue weighted by Gasteiger charge is 2.36. The largest absolute Gasteiger partial charge is 0.386 e. The monoisotopic (exact) mass is 415 g/mol. The summed E-state index contributed by atoms with van der Waals surface area (Å²) in [6.45, 7) is 10.5. The second-order valence-corrected chi connectivity index (χ2v) is 9.95. The fourth-order valence-corrected chi connectivity index (χ4v) is 5.17. The predicted octanol–water partition coefficient (Wildman–Crippen LogP) is 2.69. The van der Waals surface area contributed by atoms with Crippen LogP contribution in [0.2, 0.25) is 0 Å². The van der Waals surface area contributed by atoms with Crippen LogP contribution in [0.25, 0.3) is 0 Å². The first kappa shape index (κ1) is 22.9. The number of nitrogens with two attached hydrogens (primary N) is 2. The molecule has 0 amide bonds. The molecule has 1 aromatic rings. The molecule has 2 heterocycles. The number of unbranched alkanes of at least 4 members (excludes halogenated alkanes) is 1. The van der Waals surface area contributed by atoms with E-state index in [4.69, 9.17) is 11.5 Å². The number of nitrogens with zero attached hydrogens (tertiary/aromatic N) is 3. The van der Waals surface area contributed by atoms with Crippen LogP contribution in [0.3, 0.4) is 0 Å². The zero-order chi connectivity index (χ0) is 21.9. The standard InChI is InChI=1S/C24H41N5O/c1-5-6-12-28-15-20(22(25)26)16-29(17-28)21-7-10-24(3,11-8-21)14-19-9-13-27(4)23(30)18(19)2/h9,13,21H,5-8,10-12,14-17,25-26H2,1-4H3. The summed E-state index contributed by atoms with van der Waals surface area (Å²) in [7, 11) is 1.82. The van der Waals surface area contributed by atoms with Crippen molar-refractivity contribution in [3.63, 3.8) is 0 Å². The Bertz CT molecular complexity index is 815. The van der Waals surface area contributed by atoms with E-state index in [2.05, 4.69) is 29.7 Å². The highest BCUT2D eigenvalue weighted by atomic mass is 16.1. The topological polar surface area (TPSA) is 80.5 Å². The van der Waals surface area contributed by atoms with Gasteiger partial charge in [-0.25, -0.2) is 0 Å². The third kappa shape index (κ3) is 5.27. The first-order valence-electron chi connectivity index (χ1n) is 11.6. The third-order valence-corrected chi connectivity index (χ3v) is 7.34. The van der Waals surface area contributed by atoms with E-state index in [1.165, 1.54) is 49.7 Å². The molecule has 0 atom stereocenters. The van der Waals surface area contributed by atoms with Gasteiger partial charge in [0, 0.05) is 37.9 Å². The van der Waals surface area contributed by atoms with Crippen molar-refractivity contribution in [3.8, 4) is 0 Å². The van der Waals surface area contributed by atoms with Crippen molar-refractivity contribution in [1.29, 1.82) is 0 Å². The third-order valence-electron chi connectivity index (χ3n) is 7.34. The van der Waals surface area contributed by atoms with E-state index in [-0.39, 0.29) is 11.0 Å². The van der Waals surface area contributed by atoms with Gasteiger partial charge in [-0.3, -0.25) is 14.6 Å². The highest BCUT2D eigenvalue weighted by molar-refractivity contribution is 5.24. The van der Waals surface area contributed by atoms with Crippen molar-refractivity contribution < 1.29 is 0 Å². The predicted molar refractivity (Wildman–Crippen MR) is 124 cm³/mol. The van der Waals surface area contributed by atoms with Gasteiger partial charge in [0.2, 0.25) is 0 Å². The van der Waals surface area contributed by atoms with Crippen LogP contribution >= 0.6 is 0 Å². The number of aromatic nitrogens is 1. The maximum absolute atomic E-state index is 12.3. The van der Waals surface area contributed by atoms with Crippen LogP contribution in [-0.4, -0.2) is 46.7 Å². The number of pyridine rings is 1. The molecule has 3 rings (SSSR count). The summed E-state index contributed by atoms with van der Waals surface area (Å²) < 4.78 is 1.67. The molecule has 6 nitrogen and oxygen atoms in total. The van der Waals surface area contributed by atoms with Gasteiger partial charge in [0.25, 0.3) is 5.56 Å². The van der Waals surface area contributed by atoms with Crippen molar-refractivity contribution in [3.05, 3.63) is 45.1 Å². The van der Waals surface area contributed by atoms with Crippen LogP contribution in [0.1, 0.15) is 63.5 Å². The molecule has 0 unspecified atom stereocenters.